The second-order valence-corrected chi connectivity index (χ2v) is 6.53. The highest BCUT2D eigenvalue weighted by molar-refractivity contribution is 7.88. The predicted molar refractivity (Wildman–Crippen MR) is 78.8 cm³/mol. The summed E-state index contributed by atoms with van der Waals surface area (Å²) in [6.45, 7) is 2.02. The molecular weight excluding hydrogens is 292 g/mol. The Kier molecular flexibility index (Phi) is 4.71. The second kappa shape index (κ2) is 6.33. The number of benzene rings is 1. The monoisotopic (exact) mass is 310 g/mol. The fraction of sp³-hybridized carbons (Fsp3) is 0.385. The molecule has 0 fully saturated rings. The number of nitrogens with one attached hydrogen (secondary N) is 1. The van der Waals surface area contributed by atoms with E-state index in [1.807, 2.05) is 14.0 Å². The number of sulfonamides is 1. The largest absolute Gasteiger partial charge is 0.334 e. The van der Waals surface area contributed by atoms with Gasteiger partial charge in [-0.1, -0.05) is 17.3 Å². The molecule has 1 heterocycles. The van der Waals surface area contributed by atoms with E-state index in [0.717, 1.165) is 0 Å². The molecule has 0 aliphatic rings. The Hall–Kier alpha value is -1.77. The van der Waals surface area contributed by atoms with Crippen molar-refractivity contribution in [3.8, 4) is 11.5 Å². The van der Waals surface area contributed by atoms with Crippen LogP contribution in [0.15, 0.2) is 28.8 Å². The van der Waals surface area contributed by atoms with Gasteiger partial charge in [-0.15, -0.1) is 0 Å². The van der Waals surface area contributed by atoms with E-state index >= 15 is 0 Å². The highest BCUT2D eigenvalue weighted by Crippen LogP contribution is 2.19. The number of rotatable bonds is 6. The average molecular weight is 310 g/mol. The molecule has 1 aromatic carbocycles. The summed E-state index contributed by atoms with van der Waals surface area (Å²) in [5.41, 5.74) is 1.25. The lowest BCUT2D eigenvalue weighted by atomic mass is 10.1. The highest BCUT2D eigenvalue weighted by Gasteiger charge is 2.12. The van der Waals surface area contributed by atoms with Crippen LogP contribution in [0.3, 0.4) is 0 Å². The van der Waals surface area contributed by atoms with Crippen molar-refractivity contribution >= 4 is 10.0 Å². The molecule has 2 rings (SSSR count). The Morgan fingerprint density at radius 2 is 2.19 bits per heavy atom. The Morgan fingerprint density at radius 1 is 1.43 bits per heavy atom. The van der Waals surface area contributed by atoms with Gasteiger partial charge in [0.25, 0.3) is 5.89 Å². The van der Waals surface area contributed by atoms with Crippen LogP contribution in [0.5, 0.6) is 0 Å². The summed E-state index contributed by atoms with van der Waals surface area (Å²) >= 11 is 0. The van der Waals surface area contributed by atoms with Gasteiger partial charge in [-0.2, -0.15) is 4.98 Å². The molecule has 0 saturated heterocycles. The topological polar surface area (TPSA) is 111 Å². The van der Waals surface area contributed by atoms with E-state index in [4.69, 9.17) is 9.66 Å². The molecule has 0 amide bonds. The van der Waals surface area contributed by atoms with Crippen LogP contribution < -0.4 is 10.5 Å². The van der Waals surface area contributed by atoms with Crippen molar-refractivity contribution in [3.05, 3.63) is 35.7 Å². The van der Waals surface area contributed by atoms with E-state index < -0.39 is 10.0 Å². The van der Waals surface area contributed by atoms with Gasteiger partial charge in [-0.3, -0.25) is 0 Å². The third-order valence-electron chi connectivity index (χ3n) is 2.99. The Balaban J connectivity index is 2.20. The van der Waals surface area contributed by atoms with E-state index in [0.29, 0.717) is 29.3 Å². The first-order chi connectivity index (χ1) is 9.87. The van der Waals surface area contributed by atoms with Crippen molar-refractivity contribution in [2.75, 3.05) is 7.05 Å². The molecule has 0 aliphatic heterocycles. The molecule has 7 nitrogen and oxygen atoms in total. The van der Waals surface area contributed by atoms with Crippen LogP contribution in [0, 0.1) is 0 Å². The fourth-order valence-corrected chi connectivity index (χ4v) is 2.50. The van der Waals surface area contributed by atoms with Crippen molar-refractivity contribution in [2.45, 2.75) is 25.1 Å². The van der Waals surface area contributed by atoms with E-state index in [2.05, 4.69) is 15.5 Å². The number of likely N-dealkylation sites (N-methyl/N-ethyl adjacent to an activating group) is 1. The Labute approximate surface area is 123 Å². The summed E-state index contributed by atoms with van der Waals surface area (Å²) in [4.78, 5) is 4.31. The number of nitrogens with two attached hydrogens (primary N) is 1. The zero-order valence-corrected chi connectivity index (χ0v) is 12.7. The average Bonchev–Trinajstić information content (AvgIpc) is 2.85. The standard InChI is InChI=1S/C13H18N4O3S/c1-9(15-2)6-12-16-13(20-17-12)11-5-3-4-10(7-11)8-21(14,18)19/h3-5,7,9,15H,6,8H2,1-2H3,(H2,14,18,19). The first kappa shape index (κ1) is 15.6. The van der Waals surface area contributed by atoms with Crippen LogP contribution in [-0.4, -0.2) is 31.6 Å². The highest BCUT2D eigenvalue weighted by atomic mass is 32.2. The van der Waals surface area contributed by atoms with Gasteiger partial charge < -0.3 is 9.84 Å². The summed E-state index contributed by atoms with van der Waals surface area (Å²) in [6, 6.07) is 7.13. The Bertz CT molecular complexity index is 712. The number of aromatic nitrogens is 2. The zero-order chi connectivity index (χ0) is 15.5. The summed E-state index contributed by atoms with van der Waals surface area (Å²) in [7, 11) is -1.70. The van der Waals surface area contributed by atoms with Gasteiger partial charge in [0.1, 0.15) is 0 Å². The van der Waals surface area contributed by atoms with Gasteiger partial charge in [0.05, 0.1) is 5.75 Å². The number of hydrogen-bond acceptors (Lipinski definition) is 6. The molecule has 0 saturated carbocycles. The van der Waals surface area contributed by atoms with Gasteiger partial charge in [0.15, 0.2) is 5.82 Å². The summed E-state index contributed by atoms with van der Waals surface area (Å²) in [5.74, 6) is 0.742. The molecule has 3 N–H and O–H groups in total. The lowest BCUT2D eigenvalue weighted by molar-refractivity contribution is 0.418. The predicted octanol–water partition coefficient (Wildman–Crippen LogP) is 0.676. The van der Waals surface area contributed by atoms with Crippen molar-refractivity contribution in [3.63, 3.8) is 0 Å². The van der Waals surface area contributed by atoms with Gasteiger partial charge in [0.2, 0.25) is 10.0 Å². The lowest BCUT2D eigenvalue weighted by Crippen LogP contribution is -2.24. The summed E-state index contributed by atoms with van der Waals surface area (Å²) in [6.07, 6.45) is 0.650. The molecule has 2 aromatic rings. The normalized spacial score (nSPS) is 13.3. The maximum Gasteiger partial charge on any atom is 0.257 e. The minimum Gasteiger partial charge on any atom is -0.334 e. The SMILES string of the molecule is CNC(C)Cc1noc(-c2cccc(CS(N)(=O)=O)c2)n1. The number of nitrogens with zero attached hydrogens (tertiary/aromatic N) is 2. The minimum atomic E-state index is -3.57. The fourth-order valence-electron chi connectivity index (χ4n) is 1.86. The van der Waals surface area contributed by atoms with Crippen molar-refractivity contribution in [1.82, 2.24) is 15.5 Å². The molecule has 0 aliphatic carbocycles. The van der Waals surface area contributed by atoms with Gasteiger partial charge in [-0.05, 0) is 31.7 Å². The van der Waals surface area contributed by atoms with E-state index in [9.17, 15) is 8.42 Å². The first-order valence-electron chi connectivity index (χ1n) is 6.47. The molecule has 1 atom stereocenters. The molecule has 21 heavy (non-hydrogen) atoms. The summed E-state index contributed by atoms with van der Waals surface area (Å²) in [5, 5.41) is 12.1. The molecule has 1 unspecified atom stereocenters. The molecule has 0 spiro atoms. The molecule has 0 radical (unpaired) electrons. The molecule has 8 heteroatoms. The number of primary sulfonamides is 1. The Morgan fingerprint density at radius 3 is 2.86 bits per heavy atom. The van der Waals surface area contributed by atoms with Crippen molar-refractivity contribution < 1.29 is 12.9 Å². The third-order valence-corrected chi connectivity index (χ3v) is 3.73. The zero-order valence-electron chi connectivity index (χ0n) is 11.9. The van der Waals surface area contributed by atoms with Crippen LogP contribution in [0.4, 0.5) is 0 Å². The van der Waals surface area contributed by atoms with Gasteiger partial charge in [0, 0.05) is 18.0 Å². The smallest absolute Gasteiger partial charge is 0.257 e. The van der Waals surface area contributed by atoms with Gasteiger partial charge >= 0.3 is 0 Å². The minimum absolute atomic E-state index is 0.224. The molecular formula is C13H18N4O3S. The first-order valence-corrected chi connectivity index (χ1v) is 8.18. The summed E-state index contributed by atoms with van der Waals surface area (Å²) < 4.78 is 27.5. The van der Waals surface area contributed by atoms with Crippen LogP contribution in [0.25, 0.3) is 11.5 Å². The maximum absolute atomic E-state index is 11.1. The van der Waals surface area contributed by atoms with Crippen LogP contribution in [-0.2, 0) is 22.2 Å². The second-order valence-electron chi connectivity index (χ2n) is 4.92. The van der Waals surface area contributed by atoms with E-state index in [1.165, 1.54) is 0 Å². The maximum atomic E-state index is 11.1. The van der Waals surface area contributed by atoms with Crippen molar-refractivity contribution in [1.29, 1.82) is 0 Å². The third kappa shape index (κ3) is 4.62. The molecule has 1 aromatic heterocycles. The van der Waals surface area contributed by atoms with Crippen LogP contribution in [0.2, 0.25) is 0 Å². The molecule has 0 bridgehead atoms. The van der Waals surface area contributed by atoms with E-state index in [1.54, 1.807) is 24.3 Å². The molecule has 114 valence electrons. The number of hydrogen-bond donors (Lipinski definition) is 2. The van der Waals surface area contributed by atoms with E-state index in [-0.39, 0.29) is 11.8 Å². The van der Waals surface area contributed by atoms with Crippen LogP contribution in [0.1, 0.15) is 18.3 Å². The quantitative estimate of drug-likeness (QED) is 0.811. The van der Waals surface area contributed by atoms with Crippen molar-refractivity contribution in [2.24, 2.45) is 5.14 Å². The lowest BCUT2D eigenvalue weighted by Gasteiger charge is -2.04. The van der Waals surface area contributed by atoms with Crippen LogP contribution >= 0.6 is 0 Å². The van der Waals surface area contributed by atoms with Gasteiger partial charge in [-0.25, -0.2) is 13.6 Å².